The van der Waals surface area contributed by atoms with Crippen molar-refractivity contribution >= 4 is 21.8 Å². The van der Waals surface area contributed by atoms with Gasteiger partial charge in [0, 0.05) is 16.3 Å². The number of para-hydroxylation sites is 1. The first-order chi connectivity index (χ1) is 45.4. The molecule has 0 aliphatic heterocycles. The van der Waals surface area contributed by atoms with E-state index in [1.54, 1.807) is 24.3 Å². The lowest BCUT2D eigenvalue weighted by molar-refractivity contribution is -0.143. The number of nitrogens with zero attached hydrogens (tertiary/aromatic N) is 1. The Morgan fingerprint density at radius 3 is 0.731 bits per heavy atom. The molecule has 1 aromatic heterocycles. The average Bonchev–Trinajstić information content (AvgIpc) is 1.61. The number of hydrogen-bond donors (Lipinski definition) is 0. The number of halogens is 6. The van der Waals surface area contributed by atoms with E-state index in [9.17, 15) is 26.3 Å². The Hall–Kier alpha value is -11.5. The van der Waals surface area contributed by atoms with E-state index in [1.165, 1.54) is 0 Å². The topological polar surface area (TPSA) is 4.93 Å². The molecule has 0 aliphatic carbocycles. The van der Waals surface area contributed by atoms with Crippen LogP contribution in [-0.4, -0.2) is 4.57 Å². The highest BCUT2D eigenvalue weighted by Gasteiger charge is 2.37. The van der Waals surface area contributed by atoms with E-state index in [2.05, 4.69) is 206 Å². The molecule has 1 nitrogen and oxygen atoms in total. The van der Waals surface area contributed by atoms with Crippen LogP contribution in [0, 0.1) is 0 Å². The maximum atomic E-state index is 14.7. The molecule has 14 aromatic carbocycles. The second-order valence-corrected chi connectivity index (χ2v) is 23.4. The van der Waals surface area contributed by atoms with Crippen molar-refractivity contribution in [2.24, 2.45) is 0 Å². The molecule has 0 radical (unpaired) electrons. The van der Waals surface area contributed by atoms with Gasteiger partial charge in [-0.3, -0.25) is 0 Å². The Labute approximate surface area is 535 Å². The third-order valence-corrected chi connectivity index (χ3v) is 17.6. The highest BCUT2D eigenvalue weighted by molar-refractivity contribution is 6.12. The summed E-state index contributed by atoms with van der Waals surface area (Å²) in [6.45, 7) is 0. The second kappa shape index (κ2) is 24.0. The molecule has 0 saturated carbocycles. The smallest absolute Gasteiger partial charge is 0.309 e. The highest BCUT2D eigenvalue weighted by Crippen LogP contribution is 2.47. The molecule has 93 heavy (non-hydrogen) atoms. The number of fused-ring (bicyclic) bond motifs is 3. The molecule has 0 N–H and O–H groups in total. The summed E-state index contributed by atoms with van der Waals surface area (Å²) in [4.78, 5) is 0. The monoisotopic (exact) mass is 1220 g/mol. The molecule has 446 valence electrons. The summed E-state index contributed by atoms with van der Waals surface area (Å²) < 4.78 is 90.2. The summed E-state index contributed by atoms with van der Waals surface area (Å²) in [5, 5.41) is 1.64. The van der Waals surface area contributed by atoms with Gasteiger partial charge in [-0.15, -0.1) is 0 Å². The fraction of sp³-hybridized carbons (Fsp3) is 0.0233. The third kappa shape index (κ3) is 11.3. The van der Waals surface area contributed by atoms with Crippen molar-refractivity contribution in [1.29, 1.82) is 0 Å². The van der Waals surface area contributed by atoms with E-state index in [1.807, 2.05) is 89.5 Å². The van der Waals surface area contributed by atoms with Crippen LogP contribution in [0.3, 0.4) is 0 Å². The van der Waals surface area contributed by atoms with Crippen LogP contribution >= 0.6 is 0 Å². The lowest BCUT2D eigenvalue weighted by Crippen LogP contribution is -2.11. The molecule has 0 amide bonds. The molecular weight excluding hydrogens is 1160 g/mol. The summed E-state index contributed by atoms with van der Waals surface area (Å²) in [6, 6.07) is 110. The van der Waals surface area contributed by atoms with Gasteiger partial charge in [0.15, 0.2) is 0 Å². The second-order valence-electron chi connectivity index (χ2n) is 23.4. The van der Waals surface area contributed by atoms with Gasteiger partial charge in [0.25, 0.3) is 0 Å². The molecule has 15 rings (SSSR count). The molecular formula is C86H55F6N. The largest absolute Gasteiger partial charge is 0.416 e. The predicted molar refractivity (Wildman–Crippen MR) is 371 cm³/mol. The normalized spacial score (nSPS) is 11.8. The van der Waals surface area contributed by atoms with Gasteiger partial charge < -0.3 is 4.57 Å². The molecule has 0 fully saturated rings. The first-order valence-electron chi connectivity index (χ1n) is 30.8. The van der Waals surface area contributed by atoms with E-state index in [0.717, 1.165) is 134 Å². The lowest BCUT2D eigenvalue weighted by atomic mass is 9.87. The van der Waals surface area contributed by atoms with E-state index >= 15 is 0 Å². The Morgan fingerprint density at radius 1 is 0.183 bits per heavy atom. The summed E-state index contributed by atoms with van der Waals surface area (Å²) in [5.74, 6) is 0. The highest BCUT2D eigenvalue weighted by atomic mass is 19.4. The summed E-state index contributed by atoms with van der Waals surface area (Å²) >= 11 is 0. The zero-order chi connectivity index (χ0) is 63.2. The average molecular weight is 1220 g/mol. The van der Waals surface area contributed by atoms with Gasteiger partial charge in [-0.05, 0) is 202 Å². The number of benzene rings is 14. The standard InChI is InChI=1S/C86H55F6N/c87-85(88,89)69-51-68(52-70(55-69)86(90,91)92)79-39-21-22-40-82(79)93-83-43-41-60(62-45-64(75-35-17-13-31-71(75)56-23-5-1-6-24-56)49-65(46-62)76-36-18-14-32-72(76)57-25-7-2-8-26-57)53-80(83)81-54-61(42-44-84(81)93)63-47-66(77-37-19-15-33-73(77)58-27-9-3-10-28-58)50-67(48-63)78-38-20-16-34-74(78)59-29-11-4-12-30-59/h1-55H. The maximum absolute atomic E-state index is 14.7. The van der Waals surface area contributed by atoms with Crippen LogP contribution in [0.5, 0.6) is 0 Å². The molecule has 0 spiro atoms. The number of alkyl halides is 6. The van der Waals surface area contributed by atoms with Gasteiger partial charge in [-0.2, -0.15) is 26.3 Å². The van der Waals surface area contributed by atoms with Crippen molar-refractivity contribution in [2.45, 2.75) is 12.4 Å². The quantitative estimate of drug-likeness (QED) is 0.107. The van der Waals surface area contributed by atoms with Crippen LogP contribution in [0.1, 0.15) is 11.1 Å². The molecule has 0 atom stereocenters. The molecule has 15 aromatic rings. The van der Waals surface area contributed by atoms with Crippen LogP contribution in [0.25, 0.3) is 150 Å². The minimum atomic E-state index is -5.06. The minimum Gasteiger partial charge on any atom is -0.309 e. The molecule has 1 heterocycles. The van der Waals surface area contributed by atoms with Gasteiger partial charge in [0.05, 0.1) is 27.8 Å². The van der Waals surface area contributed by atoms with Crippen molar-refractivity contribution in [2.75, 3.05) is 0 Å². The lowest BCUT2D eigenvalue weighted by Gasteiger charge is -2.18. The molecule has 7 heteroatoms. The Kier molecular flexibility index (Phi) is 14.9. The van der Waals surface area contributed by atoms with E-state index in [0.29, 0.717) is 16.7 Å². The number of aromatic nitrogens is 1. The molecule has 0 bridgehead atoms. The Bertz CT molecular complexity index is 4770. The van der Waals surface area contributed by atoms with Crippen LogP contribution in [0.2, 0.25) is 0 Å². The van der Waals surface area contributed by atoms with Crippen molar-refractivity contribution in [3.63, 3.8) is 0 Å². The Balaban J connectivity index is 0.995. The summed E-state index contributed by atoms with van der Waals surface area (Å²) in [6.07, 6.45) is -10.1. The molecule has 0 unspecified atom stereocenters. The van der Waals surface area contributed by atoms with E-state index < -0.39 is 23.5 Å². The Morgan fingerprint density at radius 2 is 0.430 bits per heavy atom. The van der Waals surface area contributed by atoms with Crippen LogP contribution < -0.4 is 0 Å². The van der Waals surface area contributed by atoms with Gasteiger partial charge >= 0.3 is 12.4 Å². The minimum absolute atomic E-state index is 0.178. The molecule has 0 saturated heterocycles. The summed E-state index contributed by atoms with van der Waals surface area (Å²) in [7, 11) is 0. The van der Waals surface area contributed by atoms with Gasteiger partial charge in [0.1, 0.15) is 0 Å². The number of hydrogen-bond acceptors (Lipinski definition) is 0. The summed E-state index contributed by atoms with van der Waals surface area (Å²) in [5.41, 5.74) is 19.4. The van der Waals surface area contributed by atoms with E-state index in [4.69, 9.17) is 0 Å². The zero-order valence-corrected chi connectivity index (χ0v) is 50.0. The SMILES string of the molecule is FC(F)(F)c1cc(-c2ccccc2-n2c3ccc(-c4cc(-c5ccccc5-c5ccccc5)cc(-c5ccccc5-c5ccccc5)c4)cc3c3cc(-c4cc(-c5ccccc5-c5ccccc5)cc(-c5ccccc5-c5ccccc5)c4)ccc32)cc(C(F)(F)F)c1. The number of rotatable bonds is 12. The fourth-order valence-corrected chi connectivity index (χ4v) is 13.3. The fourth-order valence-electron chi connectivity index (χ4n) is 13.3. The van der Waals surface area contributed by atoms with Crippen LogP contribution in [0.15, 0.2) is 334 Å². The third-order valence-electron chi connectivity index (χ3n) is 17.6. The zero-order valence-electron chi connectivity index (χ0n) is 50.0. The van der Waals surface area contributed by atoms with E-state index in [-0.39, 0.29) is 17.2 Å². The van der Waals surface area contributed by atoms with Crippen molar-refractivity contribution in [3.8, 4) is 128 Å². The van der Waals surface area contributed by atoms with Gasteiger partial charge in [-0.1, -0.05) is 249 Å². The predicted octanol–water partition coefficient (Wildman–Crippen LogP) is 25.2. The van der Waals surface area contributed by atoms with Gasteiger partial charge in [0.2, 0.25) is 0 Å². The maximum Gasteiger partial charge on any atom is 0.416 e. The first-order valence-corrected chi connectivity index (χ1v) is 30.8. The van der Waals surface area contributed by atoms with Crippen molar-refractivity contribution in [1.82, 2.24) is 4.57 Å². The van der Waals surface area contributed by atoms with Crippen LogP contribution in [0.4, 0.5) is 26.3 Å². The van der Waals surface area contributed by atoms with Crippen molar-refractivity contribution < 1.29 is 26.3 Å². The molecule has 0 aliphatic rings. The van der Waals surface area contributed by atoms with Crippen LogP contribution in [-0.2, 0) is 12.4 Å². The first kappa shape index (κ1) is 57.9. The van der Waals surface area contributed by atoms with Gasteiger partial charge in [-0.25, -0.2) is 0 Å². The van der Waals surface area contributed by atoms with Crippen molar-refractivity contribution in [3.05, 3.63) is 345 Å².